The number of nitrogens with zero attached hydrogens (tertiary/aromatic N) is 1. The number of benzene rings is 3. The second-order valence-electron chi connectivity index (χ2n) is 8.85. The molecule has 0 bridgehead atoms. The molecule has 0 radical (unpaired) electrons. The molecule has 1 fully saturated rings. The second kappa shape index (κ2) is 10.1. The van der Waals surface area contributed by atoms with E-state index in [9.17, 15) is 19.8 Å². The Kier molecular flexibility index (Phi) is 6.51. The fourth-order valence-corrected chi connectivity index (χ4v) is 4.47. The van der Waals surface area contributed by atoms with Crippen LogP contribution in [0.3, 0.4) is 0 Å². The highest BCUT2D eigenvalue weighted by atomic mass is 16.5. The summed E-state index contributed by atoms with van der Waals surface area (Å²) in [7, 11) is 0. The number of likely N-dealkylation sites (tertiary alicyclic amines) is 1. The maximum absolute atomic E-state index is 13.2. The third kappa shape index (κ3) is 4.84. The number of furan rings is 1. The highest BCUT2D eigenvalue weighted by Gasteiger charge is 2.46. The Morgan fingerprint density at radius 2 is 1.73 bits per heavy atom. The minimum absolute atomic E-state index is 0.0281. The first-order chi connectivity index (χ1) is 17.9. The average molecular weight is 496 g/mol. The largest absolute Gasteiger partial charge is 0.508 e. The maximum atomic E-state index is 13.2. The van der Waals surface area contributed by atoms with E-state index in [0.29, 0.717) is 29.2 Å². The fraction of sp³-hybridized carbons (Fsp3) is 0.133. The van der Waals surface area contributed by atoms with Crippen molar-refractivity contribution in [3.8, 4) is 11.5 Å². The molecule has 1 aliphatic rings. The molecule has 2 heterocycles. The summed E-state index contributed by atoms with van der Waals surface area (Å²) in [5.41, 5.74) is 2.74. The normalized spacial score (nSPS) is 16.8. The van der Waals surface area contributed by atoms with Crippen molar-refractivity contribution < 1.29 is 29.0 Å². The zero-order chi connectivity index (χ0) is 25.9. The topological polar surface area (TPSA) is 100 Å². The second-order valence-corrected chi connectivity index (χ2v) is 8.85. The lowest BCUT2D eigenvalue weighted by Gasteiger charge is -2.24. The molecular weight excluding hydrogens is 470 g/mol. The minimum atomic E-state index is -0.861. The van der Waals surface area contributed by atoms with Gasteiger partial charge < -0.3 is 24.3 Å². The van der Waals surface area contributed by atoms with Gasteiger partial charge in [0.1, 0.15) is 29.6 Å². The fourth-order valence-electron chi connectivity index (χ4n) is 4.47. The quantitative estimate of drug-likeness (QED) is 0.200. The number of amides is 1. The molecule has 0 aliphatic carbocycles. The van der Waals surface area contributed by atoms with E-state index in [0.717, 1.165) is 11.1 Å². The van der Waals surface area contributed by atoms with E-state index in [1.807, 2.05) is 37.3 Å². The van der Waals surface area contributed by atoms with Crippen molar-refractivity contribution in [3.05, 3.63) is 125 Å². The summed E-state index contributed by atoms with van der Waals surface area (Å²) in [6.45, 7) is 2.29. The zero-order valence-corrected chi connectivity index (χ0v) is 20.1. The standard InChI is InChI=1S/C30H25NO6/c1-19-16-22(11-14-25(19)37-18-20-6-3-2-4-7-20)28(33)26-27(21-9-12-23(32)13-10-21)31(30(35)29(26)34)17-24-8-5-15-36-24/h2-16,27,32-33H,17-18H2,1H3/b28-26-. The molecule has 2 N–H and O–H groups in total. The van der Waals surface area contributed by atoms with Crippen molar-refractivity contribution in [2.75, 3.05) is 0 Å². The summed E-state index contributed by atoms with van der Waals surface area (Å²) in [6.07, 6.45) is 1.49. The molecule has 186 valence electrons. The highest BCUT2D eigenvalue weighted by Crippen LogP contribution is 2.41. The average Bonchev–Trinajstić information content (AvgIpc) is 3.51. The zero-order valence-electron chi connectivity index (χ0n) is 20.1. The summed E-state index contributed by atoms with van der Waals surface area (Å²) in [4.78, 5) is 27.7. The molecule has 3 aromatic carbocycles. The van der Waals surface area contributed by atoms with Crippen LogP contribution in [0.25, 0.3) is 5.76 Å². The Balaban J connectivity index is 1.51. The van der Waals surface area contributed by atoms with Crippen LogP contribution in [0.2, 0.25) is 0 Å². The van der Waals surface area contributed by atoms with E-state index in [2.05, 4.69) is 0 Å². The molecule has 0 spiro atoms. The predicted octanol–water partition coefficient (Wildman–Crippen LogP) is 5.49. The van der Waals surface area contributed by atoms with Gasteiger partial charge in [-0.25, -0.2) is 0 Å². The Morgan fingerprint density at radius 1 is 0.973 bits per heavy atom. The third-order valence-electron chi connectivity index (χ3n) is 6.34. The van der Waals surface area contributed by atoms with Gasteiger partial charge in [-0.05, 0) is 66.1 Å². The molecule has 1 saturated heterocycles. The van der Waals surface area contributed by atoms with Gasteiger partial charge in [-0.1, -0.05) is 42.5 Å². The Hall–Kier alpha value is -4.78. The van der Waals surface area contributed by atoms with E-state index in [1.165, 1.54) is 23.3 Å². The maximum Gasteiger partial charge on any atom is 0.296 e. The summed E-state index contributed by atoms with van der Waals surface area (Å²) < 4.78 is 11.3. The monoisotopic (exact) mass is 495 g/mol. The number of ether oxygens (including phenoxy) is 1. The molecule has 7 nitrogen and oxygen atoms in total. The van der Waals surface area contributed by atoms with Crippen LogP contribution in [-0.4, -0.2) is 26.8 Å². The molecule has 1 atom stereocenters. The molecule has 37 heavy (non-hydrogen) atoms. The number of phenols is 1. The van der Waals surface area contributed by atoms with Crippen molar-refractivity contribution >= 4 is 17.4 Å². The summed E-state index contributed by atoms with van der Waals surface area (Å²) in [6, 6.07) is 23.7. The van der Waals surface area contributed by atoms with Gasteiger partial charge in [0.25, 0.3) is 11.7 Å². The van der Waals surface area contributed by atoms with Gasteiger partial charge in [0.2, 0.25) is 0 Å². The number of rotatable bonds is 7. The van der Waals surface area contributed by atoms with Crippen LogP contribution in [-0.2, 0) is 22.7 Å². The lowest BCUT2D eigenvalue weighted by atomic mass is 9.94. The van der Waals surface area contributed by atoms with Crippen molar-refractivity contribution in [1.82, 2.24) is 4.90 Å². The predicted molar refractivity (Wildman–Crippen MR) is 137 cm³/mol. The number of Topliss-reactive ketones (excluding diaryl/α,β-unsaturated/α-hetero) is 1. The Labute approximate surface area is 213 Å². The van der Waals surface area contributed by atoms with Crippen LogP contribution >= 0.6 is 0 Å². The van der Waals surface area contributed by atoms with E-state index in [4.69, 9.17) is 9.15 Å². The van der Waals surface area contributed by atoms with Gasteiger partial charge >= 0.3 is 0 Å². The summed E-state index contributed by atoms with van der Waals surface area (Å²) in [5, 5.41) is 21.1. The van der Waals surface area contributed by atoms with Gasteiger partial charge in [-0.2, -0.15) is 0 Å². The third-order valence-corrected chi connectivity index (χ3v) is 6.34. The molecule has 7 heteroatoms. The smallest absolute Gasteiger partial charge is 0.296 e. The SMILES string of the molecule is Cc1cc(/C(O)=C2/C(=O)C(=O)N(Cc3ccco3)C2c2ccc(O)cc2)ccc1OCc1ccccc1. The number of hydrogen-bond donors (Lipinski definition) is 2. The molecule has 1 amide bonds. The van der Waals surface area contributed by atoms with Crippen LogP contribution in [0.1, 0.15) is 34.1 Å². The first-order valence-corrected chi connectivity index (χ1v) is 11.8. The van der Waals surface area contributed by atoms with Gasteiger partial charge in [0.05, 0.1) is 24.4 Å². The highest BCUT2D eigenvalue weighted by molar-refractivity contribution is 6.46. The first kappa shape index (κ1) is 23.9. The van der Waals surface area contributed by atoms with Gasteiger partial charge in [0.15, 0.2) is 0 Å². The Morgan fingerprint density at radius 3 is 2.41 bits per heavy atom. The lowest BCUT2D eigenvalue weighted by Crippen LogP contribution is -2.29. The summed E-state index contributed by atoms with van der Waals surface area (Å²) in [5.74, 6) is -0.612. The number of ketones is 1. The molecular formula is C30H25NO6. The van der Waals surface area contributed by atoms with E-state index < -0.39 is 17.7 Å². The number of aliphatic hydroxyl groups excluding tert-OH is 1. The number of carbonyl (C=O) groups is 2. The molecule has 5 rings (SSSR count). The molecule has 1 unspecified atom stereocenters. The molecule has 4 aromatic rings. The number of hydrogen-bond acceptors (Lipinski definition) is 6. The molecule has 1 aromatic heterocycles. The minimum Gasteiger partial charge on any atom is -0.508 e. The van der Waals surface area contributed by atoms with E-state index in [1.54, 1.807) is 42.5 Å². The number of carbonyl (C=O) groups excluding carboxylic acids is 2. The van der Waals surface area contributed by atoms with Crippen molar-refractivity contribution in [1.29, 1.82) is 0 Å². The van der Waals surface area contributed by atoms with Crippen molar-refractivity contribution in [2.45, 2.75) is 26.1 Å². The first-order valence-electron chi connectivity index (χ1n) is 11.8. The number of aromatic hydroxyl groups is 1. The van der Waals surface area contributed by atoms with Crippen LogP contribution in [0, 0.1) is 6.92 Å². The van der Waals surface area contributed by atoms with Gasteiger partial charge in [-0.3, -0.25) is 9.59 Å². The van der Waals surface area contributed by atoms with Gasteiger partial charge in [-0.15, -0.1) is 0 Å². The molecule has 1 aliphatic heterocycles. The van der Waals surface area contributed by atoms with Crippen LogP contribution in [0.15, 0.2) is 101 Å². The van der Waals surface area contributed by atoms with E-state index in [-0.39, 0.29) is 23.6 Å². The number of phenolic OH excluding ortho intramolecular Hbond substituents is 1. The summed E-state index contributed by atoms with van der Waals surface area (Å²) >= 11 is 0. The van der Waals surface area contributed by atoms with Crippen molar-refractivity contribution in [2.24, 2.45) is 0 Å². The van der Waals surface area contributed by atoms with Crippen molar-refractivity contribution in [3.63, 3.8) is 0 Å². The van der Waals surface area contributed by atoms with Crippen LogP contribution < -0.4 is 4.74 Å². The number of aliphatic hydroxyl groups is 1. The van der Waals surface area contributed by atoms with Gasteiger partial charge in [0, 0.05) is 5.56 Å². The Bertz CT molecular complexity index is 1460. The number of aryl methyl sites for hydroxylation is 1. The van der Waals surface area contributed by atoms with Crippen LogP contribution in [0.5, 0.6) is 11.5 Å². The lowest BCUT2D eigenvalue weighted by molar-refractivity contribution is -0.140. The van der Waals surface area contributed by atoms with Crippen LogP contribution in [0.4, 0.5) is 0 Å². The molecule has 0 saturated carbocycles. The van der Waals surface area contributed by atoms with E-state index >= 15 is 0 Å².